The van der Waals surface area contributed by atoms with Crippen LogP contribution in [0.4, 0.5) is 24.5 Å². The maximum Gasteiger partial charge on any atom is 0.416 e. The molecular weight excluding hydrogens is 517 g/mol. The first-order valence-electron chi connectivity index (χ1n) is 11.2. The van der Waals surface area contributed by atoms with Crippen molar-refractivity contribution in [1.82, 2.24) is 0 Å². The number of benzene rings is 2. The molecule has 2 rings (SSSR count). The number of hydrogen-bond acceptors (Lipinski definition) is 6. The number of esters is 2. The molecule has 0 heterocycles. The molecule has 0 unspecified atom stereocenters. The minimum atomic E-state index is -4.62. The van der Waals surface area contributed by atoms with E-state index in [9.17, 15) is 32.3 Å². The summed E-state index contributed by atoms with van der Waals surface area (Å²) in [5.41, 5.74) is -0.462. The van der Waals surface area contributed by atoms with Gasteiger partial charge in [-0.05, 0) is 54.8 Å². The first kappa shape index (κ1) is 29.6. The minimum absolute atomic E-state index is 0.0146. The number of ether oxygens (including phenoxy) is 2. The van der Waals surface area contributed by atoms with Gasteiger partial charge in [-0.15, -0.1) is 0 Å². The molecule has 37 heavy (non-hydrogen) atoms. The lowest BCUT2D eigenvalue weighted by atomic mass is 10.2. The van der Waals surface area contributed by atoms with E-state index in [1.807, 2.05) is 13.8 Å². The highest BCUT2D eigenvalue weighted by Crippen LogP contribution is 2.33. The van der Waals surface area contributed by atoms with Crippen LogP contribution < -0.4 is 10.6 Å². The number of carbonyl (C=O) groups is 4. The number of halogens is 4. The zero-order valence-electron chi connectivity index (χ0n) is 20.1. The van der Waals surface area contributed by atoms with E-state index in [2.05, 4.69) is 10.6 Å². The number of rotatable bonds is 11. The van der Waals surface area contributed by atoms with Gasteiger partial charge in [0.05, 0.1) is 28.4 Å². The number of nitrogens with one attached hydrogen (secondary N) is 2. The van der Waals surface area contributed by atoms with Gasteiger partial charge in [0.2, 0.25) is 5.91 Å². The Morgan fingerprint density at radius 1 is 0.919 bits per heavy atom. The van der Waals surface area contributed by atoms with Gasteiger partial charge in [-0.2, -0.15) is 13.2 Å². The summed E-state index contributed by atoms with van der Waals surface area (Å²) in [7, 11) is 0. The monoisotopic (exact) mass is 542 g/mol. The topological polar surface area (TPSA) is 111 Å². The average molecular weight is 543 g/mol. The van der Waals surface area contributed by atoms with Gasteiger partial charge >= 0.3 is 18.1 Å². The Morgan fingerprint density at radius 2 is 1.59 bits per heavy atom. The third-order valence-corrected chi connectivity index (χ3v) is 5.00. The van der Waals surface area contributed by atoms with Gasteiger partial charge in [0.1, 0.15) is 0 Å². The summed E-state index contributed by atoms with van der Waals surface area (Å²) in [6, 6.07) is 8.58. The number of carbonyl (C=O) groups excluding carboxylic acids is 4. The van der Waals surface area contributed by atoms with Gasteiger partial charge < -0.3 is 20.1 Å². The first-order chi connectivity index (χ1) is 17.3. The van der Waals surface area contributed by atoms with Crippen LogP contribution in [0.3, 0.4) is 0 Å². The molecular formula is C25H26ClF3N2O6. The number of alkyl halides is 3. The fourth-order valence-electron chi connectivity index (χ4n) is 2.83. The van der Waals surface area contributed by atoms with Gasteiger partial charge in [0, 0.05) is 18.5 Å². The highest BCUT2D eigenvalue weighted by Gasteiger charge is 2.31. The molecule has 2 amide bonds. The van der Waals surface area contributed by atoms with Gasteiger partial charge in [-0.3, -0.25) is 14.4 Å². The third-order valence-electron chi connectivity index (χ3n) is 4.67. The summed E-state index contributed by atoms with van der Waals surface area (Å²) in [5.74, 6) is -2.26. The molecule has 0 aromatic heterocycles. The van der Waals surface area contributed by atoms with Crippen molar-refractivity contribution in [2.24, 2.45) is 5.92 Å². The van der Waals surface area contributed by atoms with E-state index in [1.165, 1.54) is 12.1 Å². The summed E-state index contributed by atoms with van der Waals surface area (Å²) < 4.78 is 48.4. The smallest absolute Gasteiger partial charge is 0.416 e. The number of anilines is 2. The van der Waals surface area contributed by atoms with Crippen molar-refractivity contribution in [1.29, 1.82) is 0 Å². The second-order valence-electron chi connectivity index (χ2n) is 8.37. The van der Waals surface area contributed by atoms with Crippen molar-refractivity contribution in [3.8, 4) is 0 Å². The lowest BCUT2D eigenvalue weighted by Crippen LogP contribution is -2.21. The Morgan fingerprint density at radius 3 is 2.22 bits per heavy atom. The van der Waals surface area contributed by atoms with Crippen molar-refractivity contribution >= 4 is 46.7 Å². The first-order valence-corrected chi connectivity index (χ1v) is 11.6. The quantitative estimate of drug-likeness (QED) is 0.365. The Bertz CT molecular complexity index is 1120. The van der Waals surface area contributed by atoms with Crippen molar-refractivity contribution in [3.63, 3.8) is 0 Å². The molecule has 2 N–H and O–H groups in total. The van der Waals surface area contributed by atoms with Crippen LogP contribution in [-0.2, 0) is 30.0 Å². The van der Waals surface area contributed by atoms with Crippen LogP contribution in [0, 0.1) is 5.92 Å². The normalized spacial score (nSPS) is 11.1. The number of amides is 2. The maximum atomic E-state index is 12.8. The zero-order valence-corrected chi connectivity index (χ0v) is 20.9. The van der Waals surface area contributed by atoms with Gasteiger partial charge in [0.25, 0.3) is 5.91 Å². The molecule has 12 heteroatoms. The molecule has 0 aliphatic rings. The molecule has 0 fully saturated rings. The van der Waals surface area contributed by atoms with Crippen molar-refractivity contribution in [2.45, 2.75) is 39.3 Å². The van der Waals surface area contributed by atoms with Crippen molar-refractivity contribution in [3.05, 3.63) is 58.6 Å². The highest BCUT2D eigenvalue weighted by molar-refractivity contribution is 6.33. The van der Waals surface area contributed by atoms with Crippen LogP contribution in [0.25, 0.3) is 0 Å². The molecule has 0 saturated heterocycles. The second kappa shape index (κ2) is 13.6. The van der Waals surface area contributed by atoms with Crippen molar-refractivity contribution < 1.29 is 41.8 Å². The molecule has 200 valence electrons. The molecule has 0 radical (unpaired) electrons. The predicted molar refractivity (Wildman–Crippen MR) is 130 cm³/mol. The van der Waals surface area contributed by atoms with Crippen LogP contribution in [0.15, 0.2) is 42.5 Å². The fourth-order valence-corrected chi connectivity index (χ4v) is 3.00. The van der Waals surface area contributed by atoms with Gasteiger partial charge in [-0.25, -0.2) is 4.79 Å². The van der Waals surface area contributed by atoms with Crippen LogP contribution in [0.2, 0.25) is 5.02 Å². The molecule has 0 bridgehead atoms. The Labute approximate surface area is 216 Å². The molecule has 0 aliphatic heterocycles. The Kier molecular flexibility index (Phi) is 10.9. The SMILES string of the molecule is CC(C)COC(=O)c1ccc(NC(=O)CCCC(=O)OCC(=O)Nc2cc(C(F)(F)F)ccc2Cl)cc1. The largest absolute Gasteiger partial charge is 0.462 e. The molecule has 0 saturated carbocycles. The van der Waals surface area contributed by atoms with E-state index in [1.54, 1.807) is 12.1 Å². The minimum Gasteiger partial charge on any atom is -0.462 e. The summed E-state index contributed by atoms with van der Waals surface area (Å²) >= 11 is 5.81. The Balaban J connectivity index is 1.70. The predicted octanol–water partition coefficient (Wildman–Crippen LogP) is 5.46. The lowest BCUT2D eigenvalue weighted by molar-refractivity contribution is -0.147. The van der Waals surface area contributed by atoms with Crippen LogP contribution in [0.1, 0.15) is 49.0 Å². The summed E-state index contributed by atoms with van der Waals surface area (Å²) in [5, 5.41) is 4.68. The standard InChI is InChI=1S/C25H26ClF3N2O6/c1-15(2)13-37-24(35)16-6-9-18(10-7-16)30-21(32)4-3-5-23(34)36-14-22(33)31-20-12-17(25(27,28)29)8-11-19(20)26/h6-12,15H,3-5,13-14H2,1-2H3,(H,30,32)(H,31,33). The van der Waals surface area contributed by atoms with E-state index in [4.69, 9.17) is 21.1 Å². The van der Waals surface area contributed by atoms with E-state index in [0.29, 0.717) is 23.9 Å². The Hall–Kier alpha value is -3.60. The molecule has 2 aromatic carbocycles. The molecule has 2 aromatic rings. The summed E-state index contributed by atoms with van der Waals surface area (Å²) in [6.07, 6.45) is -4.66. The molecule has 0 spiro atoms. The van der Waals surface area contributed by atoms with E-state index in [-0.39, 0.29) is 41.8 Å². The average Bonchev–Trinajstić information content (AvgIpc) is 2.82. The highest BCUT2D eigenvalue weighted by atomic mass is 35.5. The molecule has 0 atom stereocenters. The molecule has 0 aliphatic carbocycles. The second-order valence-corrected chi connectivity index (χ2v) is 8.78. The van der Waals surface area contributed by atoms with E-state index in [0.717, 1.165) is 12.1 Å². The third kappa shape index (κ3) is 10.5. The number of hydrogen-bond donors (Lipinski definition) is 2. The van der Waals surface area contributed by atoms with Gasteiger partial charge in [-0.1, -0.05) is 25.4 Å². The van der Waals surface area contributed by atoms with E-state index >= 15 is 0 Å². The fraction of sp³-hybridized carbons (Fsp3) is 0.360. The van der Waals surface area contributed by atoms with Crippen LogP contribution >= 0.6 is 11.6 Å². The zero-order chi connectivity index (χ0) is 27.6. The summed E-state index contributed by atoms with van der Waals surface area (Å²) in [6.45, 7) is 3.41. The van der Waals surface area contributed by atoms with Crippen LogP contribution in [0.5, 0.6) is 0 Å². The maximum absolute atomic E-state index is 12.8. The lowest BCUT2D eigenvalue weighted by Gasteiger charge is -2.12. The van der Waals surface area contributed by atoms with Crippen LogP contribution in [-0.4, -0.2) is 37.0 Å². The van der Waals surface area contributed by atoms with Gasteiger partial charge in [0.15, 0.2) is 6.61 Å². The summed E-state index contributed by atoms with van der Waals surface area (Å²) in [4.78, 5) is 47.8. The molecule has 8 nitrogen and oxygen atoms in total. The van der Waals surface area contributed by atoms with E-state index < -0.39 is 36.2 Å². The van der Waals surface area contributed by atoms with Crippen molar-refractivity contribution in [2.75, 3.05) is 23.8 Å².